The summed E-state index contributed by atoms with van der Waals surface area (Å²) in [4.78, 5) is 2.10. The van der Waals surface area contributed by atoms with Crippen LogP contribution in [0.15, 0.2) is 40.9 Å². The molecule has 2 rings (SSSR count). The van der Waals surface area contributed by atoms with Crippen molar-refractivity contribution in [3.63, 3.8) is 0 Å². The average Bonchev–Trinajstić information content (AvgIpc) is 2.32. The molecule has 0 atom stereocenters. The van der Waals surface area contributed by atoms with E-state index in [0.29, 0.717) is 0 Å². The summed E-state index contributed by atoms with van der Waals surface area (Å²) in [6, 6.07) is 12.0. The number of anilines is 2. The fourth-order valence-electron chi connectivity index (χ4n) is 1.99. The van der Waals surface area contributed by atoms with Gasteiger partial charge in [-0.2, -0.15) is 0 Å². The Bertz CT molecular complexity index is 599. The molecule has 0 saturated heterocycles. The number of nitrogen functional groups attached to an aromatic ring is 1. The van der Waals surface area contributed by atoms with E-state index in [1.165, 1.54) is 5.56 Å². The zero-order valence-corrected chi connectivity index (χ0v) is 13.3. The van der Waals surface area contributed by atoms with Gasteiger partial charge in [-0.05, 0) is 42.3 Å². The first-order valence-electron chi connectivity index (χ1n) is 5.98. The molecule has 0 unspecified atom stereocenters. The Morgan fingerprint density at radius 2 is 1.95 bits per heavy atom. The molecular weight excluding hydrogens is 324 g/mol. The number of hydrogen-bond donors (Lipinski definition) is 1. The molecule has 4 heteroatoms. The predicted molar refractivity (Wildman–Crippen MR) is 86.9 cm³/mol. The molecule has 0 fully saturated rings. The molecule has 0 spiro atoms. The fourth-order valence-corrected chi connectivity index (χ4v) is 2.67. The number of hydrogen-bond acceptors (Lipinski definition) is 2. The van der Waals surface area contributed by atoms with Crippen molar-refractivity contribution in [2.45, 2.75) is 13.5 Å². The van der Waals surface area contributed by atoms with Gasteiger partial charge in [-0.3, -0.25) is 0 Å². The van der Waals surface area contributed by atoms with Gasteiger partial charge in [0.25, 0.3) is 0 Å². The summed E-state index contributed by atoms with van der Waals surface area (Å²) >= 11 is 9.67. The Labute approximate surface area is 127 Å². The molecule has 0 bridgehead atoms. The molecule has 0 radical (unpaired) electrons. The summed E-state index contributed by atoms with van der Waals surface area (Å²) in [5.41, 5.74) is 10.0. The Morgan fingerprint density at radius 3 is 2.58 bits per heavy atom. The molecule has 2 aromatic carbocycles. The number of nitrogens with zero attached hydrogens (tertiary/aromatic N) is 1. The highest BCUT2D eigenvalue weighted by atomic mass is 79.9. The van der Waals surface area contributed by atoms with Gasteiger partial charge in [0.1, 0.15) is 0 Å². The first-order chi connectivity index (χ1) is 8.97. The SMILES string of the molecule is Cc1ccc(CN(C)c2ccc(Br)cc2N)c(Cl)c1. The smallest absolute Gasteiger partial charge is 0.0601 e. The molecule has 100 valence electrons. The van der Waals surface area contributed by atoms with Crippen molar-refractivity contribution in [3.05, 3.63) is 57.0 Å². The van der Waals surface area contributed by atoms with Crippen LogP contribution in [0.1, 0.15) is 11.1 Å². The zero-order chi connectivity index (χ0) is 14.0. The number of aryl methyl sites for hydroxylation is 1. The number of nitrogens with two attached hydrogens (primary N) is 1. The monoisotopic (exact) mass is 338 g/mol. The minimum Gasteiger partial charge on any atom is -0.397 e. The number of benzene rings is 2. The van der Waals surface area contributed by atoms with E-state index in [-0.39, 0.29) is 0 Å². The Hall–Kier alpha value is -1.19. The summed E-state index contributed by atoms with van der Waals surface area (Å²) in [5, 5.41) is 0.794. The first kappa shape index (κ1) is 14.2. The first-order valence-corrected chi connectivity index (χ1v) is 7.15. The fraction of sp³-hybridized carbons (Fsp3) is 0.200. The zero-order valence-electron chi connectivity index (χ0n) is 11.0. The van der Waals surface area contributed by atoms with E-state index in [0.717, 1.165) is 33.0 Å². The second-order valence-corrected chi connectivity index (χ2v) is 5.98. The second-order valence-electron chi connectivity index (χ2n) is 4.65. The Kier molecular flexibility index (Phi) is 4.38. The van der Waals surface area contributed by atoms with Crippen LogP contribution in [0.3, 0.4) is 0 Å². The summed E-state index contributed by atoms with van der Waals surface area (Å²) in [5.74, 6) is 0. The normalized spacial score (nSPS) is 10.5. The minimum absolute atomic E-state index is 0.727. The average molecular weight is 340 g/mol. The van der Waals surface area contributed by atoms with Crippen LogP contribution in [0.2, 0.25) is 5.02 Å². The maximum Gasteiger partial charge on any atom is 0.0601 e. The maximum absolute atomic E-state index is 6.26. The van der Waals surface area contributed by atoms with Crippen molar-refractivity contribution in [1.82, 2.24) is 0 Å². The van der Waals surface area contributed by atoms with Crippen LogP contribution >= 0.6 is 27.5 Å². The van der Waals surface area contributed by atoms with E-state index in [4.69, 9.17) is 17.3 Å². The second kappa shape index (κ2) is 5.85. The summed E-state index contributed by atoms with van der Waals surface area (Å²) in [7, 11) is 2.01. The summed E-state index contributed by atoms with van der Waals surface area (Å²) in [6.45, 7) is 2.76. The third-order valence-electron chi connectivity index (χ3n) is 3.02. The van der Waals surface area contributed by atoms with Gasteiger partial charge >= 0.3 is 0 Å². The molecule has 0 heterocycles. The lowest BCUT2D eigenvalue weighted by Gasteiger charge is -2.22. The van der Waals surface area contributed by atoms with Gasteiger partial charge in [0, 0.05) is 23.1 Å². The van der Waals surface area contributed by atoms with E-state index in [1.54, 1.807) is 0 Å². The molecule has 0 amide bonds. The molecule has 0 aliphatic rings. The standard InChI is InChI=1S/C15H16BrClN2/c1-10-3-4-11(13(17)7-10)9-19(2)15-6-5-12(16)8-14(15)18/h3-8H,9,18H2,1-2H3. The van der Waals surface area contributed by atoms with Crippen molar-refractivity contribution in [3.8, 4) is 0 Å². The lowest BCUT2D eigenvalue weighted by molar-refractivity contribution is 0.924. The van der Waals surface area contributed by atoms with Gasteiger partial charge in [0.05, 0.1) is 11.4 Å². The van der Waals surface area contributed by atoms with E-state index in [9.17, 15) is 0 Å². The maximum atomic E-state index is 6.26. The lowest BCUT2D eigenvalue weighted by Crippen LogP contribution is -2.18. The molecule has 19 heavy (non-hydrogen) atoms. The van der Waals surface area contributed by atoms with Gasteiger partial charge in [-0.25, -0.2) is 0 Å². The van der Waals surface area contributed by atoms with E-state index >= 15 is 0 Å². The van der Waals surface area contributed by atoms with Gasteiger partial charge in [0.15, 0.2) is 0 Å². The third-order valence-corrected chi connectivity index (χ3v) is 3.86. The topological polar surface area (TPSA) is 29.3 Å². The molecule has 0 aliphatic carbocycles. The molecule has 0 aliphatic heterocycles. The van der Waals surface area contributed by atoms with Crippen molar-refractivity contribution in [2.75, 3.05) is 17.7 Å². The predicted octanol–water partition coefficient (Wildman–Crippen LogP) is 4.63. The third kappa shape index (κ3) is 3.43. The van der Waals surface area contributed by atoms with Gasteiger partial charge in [-0.15, -0.1) is 0 Å². The lowest BCUT2D eigenvalue weighted by atomic mass is 10.1. The van der Waals surface area contributed by atoms with Crippen LogP contribution in [0.25, 0.3) is 0 Å². The molecule has 2 aromatic rings. The quantitative estimate of drug-likeness (QED) is 0.826. The highest BCUT2D eigenvalue weighted by molar-refractivity contribution is 9.10. The summed E-state index contributed by atoms with van der Waals surface area (Å²) < 4.78 is 0.982. The van der Waals surface area contributed by atoms with Crippen LogP contribution in [0, 0.1) is 6.92 Å². The molecule has 0 saturated carbocycles. The molecule has 2 nitrogen and oxygen atoms in total. The van der Waals surface area contributed by atoms with E-state index in [2.05, 4.69) is 33.0 Å². The molecular formula is C15H16BrClN2. The van der Waals surface area contributed by atoms with Crippen LogP contribution in [-0.4, -0.2) is 7.05 Å². The molecule has 2 N–H and O–H groups in total. The van der Waals surface area contributed by atoms with Gasteiger partial charge in [0.2, 0.25) is 0 Å². The van der Waals surface area contributed by atoms with Crippen molar-refractivity contribution in [1.29, 1.82) is 0 Å². The number of rotatable bonds is 3. The van der Waals surface area contributed by atoms with Crippen molar-refractivity contribution >= 4 is 38.9 Å². The van der Waals surface area contributed by atoms with Gasteiger partial charge < -0.3 is 10.6 Å². The highest BCUT2D eigenvalue weighted by Gasteiger charge is 2.08. The van der Waals surface area contributed by atoms with Crippen LogP contribution in [0.4, 0.5) is 11.4 Å². The van der Waals surface area contributed by atoms with Crippen LogP contribution in [0.5, 0.6) is 0 Å². The number of halogens is 2. The Balaban J connectivity index is 2.23. The minimum atomic E-state index is 0.727. The summed E-state index contributed by atoms with van der Waals surface area (Å²) in [6.07, 6.45) is 0. The Morgan fingerprint density at radius 1 is 1.21 bits per heavy atom. The highest BCUT2D eigenvalue weighted by Crippen LogP contribution is 2.28. The van der Waals surface area contributed by atoms with Crippen molar-refractivity contribution < 1.29 is 0 Å². The van der Waals surface area contributed by atoms with E-state index in [1.807, 2.05) is 38.2 Å². The van der Waals surface area contributed by atoms with E-state index < -0.39 is 0 Å². The van der Waals surface area contributed by atoms with Crippen LogP contribution in [-0.2, 0) is 6.54 Å². The van der Waals surface area contributed by atoms with Crippen molar-refractivity contribution in [2.24, 2.45) is 0 Å². The van der Waals surface area contributed by atoms with Gasteiger partial charge in [-0.1, -0.05) is 39.7 Å². The molecule has 0 aromatic heterocycles. The largest absolute Gasteiger partial charge is 0.397 e. The van der Waals surface area contributed by atoms with Crippen LogP contribution < -0.4 is 10.6 Å².